The monoisotopic (exact) mass is 316 g/mol. The van der Waals surface area contributed by atoms with Crippen LogP contribution in [0.25, 0.3) is 0 Å². The van der Waals surface area contributed by atoms with Crippen molar-refractivity contribution >= 4 is 11.9 Å². The molecule has 122 valence electrons. The number of aromatic nitrogens is 3. The molecule has 0 atom stereocenters. The zero-order valence-corrected chi connectivity index (χ0v) is 12.9. The van der Waals surface area contributed by atoms with Gasteiger partial charge in [-0.25, -0.2) is 0 Å². The molecule has 0 aromatic carbocycles. The number of carboxylic acid groups (broad SMARTS) is 1. The van der Waals surface area contributed by atoms with Gasteiger partial charge in [-0.05, 0) is 38.5 Å². The first kappa shape index (κ1) is 14.4. The van der Waals surface area contributed by atoms with Crippen molar-refractivity contribution < 1.29 is 14.7 Å². The van der Waals surface area contributed by atoms with Crippen molar-refractivity contribution in [2.24, 2.45) is 5.41 Å². The third kappa shape index (κ3) is 2.44. The summed E-state index contributed by atoms with van der Waals surface area (Å²) in [6, 6.07) is 0.453. The number of hydrogen-bond donors (Lipinski definition) is 2. The summed E-state index contributed by atoms with van der Waals surface area (Å²) in [6.45, 7) is 0.240. The van der Waals surface area contributed by atoms with E-state index in [0.29, 0.717) is 12.0 Å². The molecule has 2 fully saturated rings. The number of carboxylic acids is 1. The maximum Gasteiger partial charge on any atom is 0.319 e. The van der Waals surface area contributed by atoms with E-state index in [0.717, 1.165) is 37.3 Å². The largest absolute Gasteiger partial charge is 0.480 e. The Hall–Kier alpha value is -2.18. The van der Waals surface area contributed by atoms with Gasteiger partial charge in [0.1, 0.15) is 5.82 Å². The second-order valence-electron chi connectivity index (χ2n) is 6.80. The first-order valence-corrected chi connectivity index (χ1v) is 8.22. The molecular formula is C16H20N4O3. The Morgan fingerprint density at radius 3 is 2.48 bits per heavy atom. The normalized spacial score (nSPS) is 22.3. The highest BCUT2D eigenvalue weighted by atomic mass is 16.4. The standard InChI is InChI=1S/C16H20N4O3/c21-14(16(15(22)23)7-1-2-8-16)17-9-12-18-19-13(10-3-4-10)20(12)11-5-6-11/h1-2,10-11H,3-9H2,(H,17,21)(H,22,23). The third-order valence-corrected chi connectivity index (χ3v) is 5.00. The van der Waals surface area contributed by atoms with Gasteiger partial charge in [0.15, 0.2) is 11.2 Å². The number of allylic oxidation sites excluding steroid dienone is 2. The minimum atomic E-state index is -1.36. The fourth-order valence-electron chi connectivity index (χ4n) is 3.25. The van der Waals surface area contributed by atoms with Crippen LogP contribution in [0.5, 0.6) is 0 Å². The molecule has 4 rings (SSSR count). The zero-order valence-electron chi connectivity index (χ0n) is 12.9. The molecule has 3 aliphatic rings. The molecular weight excluding hydrogens is 296 g/mol. The summed E-state index contributed by atoms with van der Waals surface area (Å²) in [5, 5.41) is 20.8. The molecule has 23 heavy (non-hydrogen) atoms. The molecule has 0 unspecified atom stereocenters. The summed E-state index contributed by atoms with van der Waals surface area (Å²) in [4.78, 5) is 24.0. The Balaban J connectivity index is 1.49. The van der Waals surface area contributed by atoms with Crippen LogP contribution in [0.4, 0.5) is 0 Å². The third-order valence-electron chi connectivity index (χ3n) is 5.00. The average molecular weight is 316 g/mol. The van der Waals surface area contributed by atoms with E-state index in [2.05, 4.69) is 20.1 Å². The van der Waals surface area contributed by atoms with E-state index in [1.807, 2.05) is 0 Å². The van der Waals surface area contributed by atoms with Crippen LogP contribution >= 0.6 is 0 Å². The first-order valence-electron chi connectivity index (χ1n) is 8.22. The van der Waals surface area contributed by atoms with Gasteiger partial charge in [0.25, 0.3) is 0 Å². The first-order chi connectivity index (χ1) is 11.1. The highest BCUT2D eigenvalue weighted by Gasteiger charge is 2.46. The second-order valence-corrected chi connectivity index (χ2v) is 6.80. The van der Waals surface area contributed by atoms with Gasteiger partial charge in [0.05, 0.1) is 6.54 Å². The van der Waals surface area contributed by atoms with Crippen LogP contribution in [0.1, 0.15) is 62.1 Å². The molecule has 1 heterocycles. The number of carbonyl (C=O) groups excluding carboxylic acids is 1. The van der Waals surface area contributed by atoms with Crippen molar-refractivity contribution in [3.63, 3.8) is 0 Å². The van der Waals surface area contributed by atoms with Crippen LogP contribution in [0.3, 0.4) is 0 Å². The van der Waals surface area contributed by atoms with Crippen LogP contribution in [0.15, 0.2) is 12.2 Å². The van der Waals surface area contributed by atoms with Gasteiger partial charge in [-0.2, -0.15) is 0 Å². The SMILES string of the molecule is O=C(O)C1(C(=O)NCc2nnc(C3CC3)n2C2CC2)CC=CC1. The molecule has 1 aromatic rings. The predicted molar refractivity (Wildman–Crippen MR) is 80.6 cm³/mol. The van der Waals surface area contributed by atoms with Crippen LogP contribution in [-0.2, 0) is 16.1 Å². The van der Waals surface area contributed by atoms with Crippen molar-refractivity contribution in [3.8, 4) is 0 Å². The van der Waals surface area contributed by atoms with Gasteiger partial charge >= 0.3 is 5.97 Å². The van der Waals surface area contributed by atoms with Crippen molar-refractivity contribution in [2.75, 3.05) is 0 Å². The molecule has 0 aliphatic heterocycles. The Morgan fingerprint density at radius 1 is 1.22 bits per heavy atom. The summed E-state index contributed by atoms with van der Waals surface area (Å²) >= 11 is 0. The highest BCUT2D eigenvalue weighted by molar-refractivity contribution is 6.02. The lowest BCUT2D eigenvalue weighted by atomic mass is 9.84. The number of nitrogens with zero attached hydrogens (tertiary/aromatic N) is 3. The summed E-state index contributed by atoms with van der Waals surface area (Å²) in [5.41, 5.74) is -1.36. The number of aliphatic carboxylic acids is 1. The fraction of sp³-hybridized carbons (Fsp3) is 0.625. The molecule has 0 saturated heterocycles. The lowest BCUT2D eigenvalue weighted by molar-refractivity contribution is -0.155. The molecule has 0 radical (unpaired) electrons. The quantitative estimate of drug-likeness (QED) is 0.613. The maximum atomic E-state index is 12.4. The van der Waals surface area contributed by atoms with Gasteiger partial charge in [-0.1, -0.05) is 12.2 Å². The molecule has 7 heteroatoms. The van der Waals surface area contributed by atoms with Gasteiger partial charge in [0.2, 0.25) is 5.91 Å². The van der Waals surface area contributed by atoms with Crippen LogP contribution in [0.2, 0.25) is 0 Å². The highest BCUT2D eigenvalue weighted by Crippen LogP contribution is 2.44. The number of nitrogens with one attached hydrogen (secondary N) is 1. The number of carbonyl (C=O) groups is 2. The number of amides is 1. The molecule has 7 nitrogen and oxygen atoms in total. The van der Waals surface area contributed by atoms with Gasteiger partial charge in [-0.15, -0.1) is 10.2 Å². The van der Waals surface area contributed by atoms with E-state index in [1.54, 1.807) is 12.2 Å². The van der Waals surface area contributed by atoms with E-state index in [-0.39, 0.29) is 19.4 Å². The van der Waals surface area contributed by atoms with Crippen LogP contribution in [-0.4, -0.2) is 31.7 Å². The lowest BCUT2D eigenvalue weighted by Crippen LogP contribution is -2.45. The van der Waals surface area contributed by atoms with E-state index < -0.39 is 17.3 Å². The minimum absolute atomic E-state index is 0.240. The predicted octanol–water partition coefficient (Wildman–Crippen LogP) is 1.53. The topological polar surface area (TPSA) is 97.1 Å². The van der Waals surface area contributed by atoms with Gasteiger partial charge < -0.3 is 15.0 Å². The lowest BCUT2D eigenvalue weighted by Gasteiger charge is -2.22. The molecule has 2 N–H and O–H groups in total. The van der Waals surface area contributed by atoms with Crippen LogP contribution < -0.4 is 5.32 Å². The molecule has 1 aromatic heterocycles. The Bertz CT molecular complexity index is 677. The van der Waals surface area contributed by atoms with Crippen molar-refractivity contribution in [2.45, 2.75) is 57.0 Å². The van der Waals surface area contributed by atoms with E-state index >= 15 is 0 Å². The zero-order chi connectivity index (χ0) is 16.0. The van der Waals surface area contributed by atoms with E-state index in [9.17, 15) is 14.7 Å². The number of rotatable bonds is 6. The molecule has 1 amide bonds. The van der Waals surface area contributed by atoms with Crippen LogP contribution in [0, 0.1) is 5.41 Å². The van der Waals surface area contributed by atoms with Gasteiger partial charge in [-0.3, -0.25) is 9.59 Å². The number of hydrogen-bond acceptors (Lipinski definition) is 4. The maximum absolute atomic E-state index is 12.4. The Morgan fingerprint density at radius 2 is 1.91 bits per heavy atom. The summed E-state index contributed by atoms with van der Waals surface area (Å²) < 4.78 is 2.16. The second kappa shape index (κ2) is 5.18. The fourth-order valence-corrected chi connectivity index (χ4v) is 3.25. The molecule has 2 saturated carbocycles. The average Bonchev–Trinajstić information content (AvgIpc) is 3.46. The summed E-state index contributed by atoms with van der Waals surface area (Å²) in [5.74, 6) is 0.786. The molecule has 0 spiro atoms. The van der Waals surface area contributed by atoms with Crippen molar-refractivity contribution in [3.05, 3.63) is 23.8 Å². The summed E-state index contributed by atoms with van der Waals surface area (Å²) in [6.07, 6.45) is 8.57. The Labute approximate surface area is 133 Å². The van der Waals surface area contributed by atoms with E-state index in [1.165, 1.54) is 0 Å². The summed E-state index contributed by atoms with van der Waals surface area (Å²) in [7, 11) is 0. The van der Waals surface area contributed by atoms with E-state index in [4.69, 9.17) is 0 Å². The minimum Gasteiger partial charge on any atom is -0.480 e. The van der Waals surface area contributed by atoms with Gasteiger partial charge in [0, 0.05) is 12.0 Å². The molecule has 3 aliphatic carbocycles. The Kier molecular flexibility index (Phi) is 3.25. The van der Waals surface area contributed by atoms with Crippen molar-refractivity contribution in [1.82, 2.24) is 20.1 Å². The smallest absolute Gasteiger partial charge is 0.319 e. The van der Waals surface area contributed by atoms with Crippen molar-refractivity contribution in [1.29, 1.82) is 0 Å². The molecule has 0 bridgehead atoms.